The molecule has 0 saturated carbocycles. The molecule has 4 nitrogen and oxygen atoms in total. The third-order valence-corrected chi connectivity index (χ3v) is 2.66. The SMILES string of the molecule is CCOC(=O)CCNC(=O)c1cc(Cl)ccc1Cl. The van der Waals surface area contributed by atoms with Crippen molar-refractivity contribution in [3.63, 3.8) is 0 Å². The maximum atomic E-state index is 11.8. The molecule has 0 saturated heterocycles. The summed E-state index contributed by atoms with van der Waals surface area (Å²) in [5.74, 6) is -0.721. The Balaban J connectivity index is 2.50. The summed E-state index contributed by atoms with van der Waals surface area (Å²) in [5.41, 5.74) is 0.285. The number of hydrogen-bond acceptors (Lipinski definition) is 3. The van der Waals surface area contributed by atoms with Crippen molar-refractivity contribution in [1.82, 2.24) is 5.32 Å². The van der Waals surface area contributed by atoms with Crippen LogP contribution in [0.25, 0.3) is 0 Å². The minimum absolute atomic E-state index is 0.123. The highest BCUT2D eigenvalue weighted by atomic mass is 35.5. The summed E-state index contributed by atoms with van der Waals surface area (Å²) in [6, 6.07) is 4.62. The zero-order valence-corrected chi connectivity index (χ0v) is 11.3. The van der Waals surface area contributed by atoms with Crippen LogP contribution in [0.2, 0.25) is 10.0 Å². The van der Waals surface area contributed by atoms with Gasteiger partial charge in [-0.1, -0.05) is 23.2 Å². The van der Waals surface area contributed by atoms with Gasteiger partial charge in [0, 0.05) is 11.6 Å². The number of carbonyl (C=O) groups is 2. The van der Waals surface area contributed by atoms with Crippen LogP contribution < -0.4 is 5.32 Å². The molecule has 0 unspecified atom stereocenters. The van der Waals surface area contributed by atoms with Crippen LogP contribution in [0.15, 0.2) is 18.2 Å². The summed E-state index contributed by atoms with van der Waals surface area (Å²) in [6.07, 6.45) is 0.123. The first-order valence-corrected chi connectivity index (χ1v) is 6.19. The van der Waals surface area contributed by atoms with Crippen LogP contribution in [0.5, 0.6) is 0 Å². The molecule has 18 heavy (non-hydrogen) atoms. The number of rotatable bonds is 5. The van der Waals surface area contributed by atoms with Gasteiger partial charge in [-0.25, -0.2) is 0 Å². The lowest BCUT2D eigenvalue weighted by atomic mass is 10.2. The smallest absolute Gasteiger partial charge is 0.307 e. The fraction of sp³-hybridized carbons (Fsp3) is 0.333. The van der Waals surface area contributed by atoms with Crippen molar-refractivity contribution < 1.29 is 14.3 Å². The molecule has 0 fully saturated rings. The molecule has 1 aromatic rings. The van der Waals surface area contributed by atoms with Crippen LogP contribution in [-0.4, -0.2) is 25.0 Å². The highest BCUT2D eigenvalue weighted by molar-refractivity contribution is 6.35. The molecule has 0 radical (unpaired) electrons. The standard InChI is InChI=1S/C12H13Cl2NO3/c1-2-18-11(16)5-6-15-12(17)9-7-8(13)3-4-10(9)14/h3-4,7H,2,5-6H2,1H3,(H,15,17). The molecule has 1 aromatic carbocycles. The third-order valence-electron chi connectivity index (χ3n) is 2.09. The van der Waals surface area contributed by atoms with Gasteiger partial charge in [0.1, 0.15) is 0 Å². The van der Waals surface area contributed by atoms with E-state index in [1.54, 1.807) is 19.1 Å². The van der Waals surface area contributed by atoms with Crippen molar-refractivity contribution >= 4 is 35.1 Å². The summed E-state index contributed by atoms with van der Waals surface area (Å²) in [4.78, 5) is 22.8. The Kier molecular flexibility index (Phi) is 5.95. The summed E-state index contributed by atoms with van der Waals surface area (Å²) in [5, 5.41) is 3.31. The van der Waals surface area contributed by atoms with Gasteiger partial charge < -0.3 is 10.1 Å². The normalized spacial score (nSPS) is 9.94. The Morgan fingerprint density at radius 3 is 2.72 bits per heavy atom. The summed E-state index contributed by atoms with van der Waals surface area (Å²) in [7, 11) is 0. The number of esters is 1. The second kappa shape index (κ2) is 7.24. The molecule has 6 heteroatoms. The van der Waals surface area contributed by atoms with E-state index in [1.165, 1.54) is 6.07 Å². The van der Waals surface area contributed by atoms with E-state index in [0.29, 0.717) is 16.7 Å². The molecule has 0 aliphatic rings. The largest absolute Gasteiger partial charge is 0.466 e. The highest BCUT2D eigenvalue weighted by Crippen LogP contribution is 2.20. The first-order chi connectivity index (χ1) is 8.54. The van der Waals surface area contributed by atoms with E-state index in [4.69, 9.17) is 27.9 Å². The lowest BCUT2D eigenvalue weighted by Gasteiger charge is -2.07. The average molecular weight is 290 g/mol. The highest BCUT2D eigenvalue weighted by Gasteiger charge is 2.11. The van der Waals surface area contributed by atoms with Gasteiger partial charge in [-0.15, -0.1) is 0 Å². The lowest BCUT2D eigenvalue weighted by molar-refractivity contribution is -0.142. The zero-order valence-electron chi connectivity index (χ0n) is 9.83. The summed E-state index contributed by atoms with van der Waals surface area (Å²) >= 11 is 11.6. The van der Waals surface area contributed by atoms with Crippen molar-refractivity contribution in [2.75, 3.05) is 13.2 Å². The minimum atomic E-state index is -0.369. The molecule has 1 N–H and O–H groups in total. The number of nitrogens with one attached hydrogen (secondary N) is 1. The van der Waals surface area contributed by atoms with Crippen LogP contribution in [0, 0.1) is 0 Å². The van der Waals surface area contributed by atoms with Gasteiger partial charge in [0.05, 0.1) is 23.6 Å². The van der Waals surface area contributed by atoms with Crippen LogP contribution in [-0.2, 0) is 9.53 Å². The molecule has 0 spiro atoms. The topological polar surface area (TPSA) is 55.4 Å². The summed E-state index contributed by atoms with van der Waals surface area (Å²) < 4.78 is 4.73. The monoisotopic (exact) mass is 289 g/mol. The van der Waals surface area contributed by atoms with E-state index in [9.17, 15) is 9.59 Å². The number of amides is 1. The zero-order chi connectivity index (χ0) is 13.5. The number of benzene rings is 1. The van der Waals surface area contributed by atoms with Gasteiger partial charge >= 0.3 is 5.97 Å². The van der Waals surface area contributed by atoms with Gasteiger partial charge in [0.2, 0.25) is 0 Å². The average Bonchev–Trinajstić information content (AvgIpc) is 2.32. The Morgan fingerprint density at radius 2 is 2.06 bits per heavy atom. The lowest BCUT2D eigenvalue weighted by Crippen LogP contribution is -2.26. The van der Waals surface area contributed by atoms with E-state index in [1.807, 2.05) is 0 Å². The van der Waals surface area contributed by atoms with E-state index in [-0.39, 0.29) is 30.4 Å². The maximum Gasteiger partial charge on any atom is 0.307 e. The molecule has 1 amide bonds. The van der Waals surface area contributed by atoms with Crippen molar-refractivity contribution in [2.45, 2.75) is 13.3 Å². The van der Waals surface area contributed by atoms with E-state index < -0.39 is 0 Å². The van der Waals surface area contributed by atoms with Gasteiger partial charge in [0.25, 0.3) is 5.91 Å². The molecule has 0 aliphatic heterocycles. The van der Waals surface area contributed by atoms with Crippen LogP contribution in [0.3, 0.4) is 0 Å². The molecule has 98 valence electrons. The van der Waals surface area contributed by atoms with E-state index in [0.717, 1.165) is 0 Å². The number of hydrogen-bond donors (Lipinski definition) is 1. The Bertz CT molecular complexity index is 449. The van der Waals surface area contributed by atoms with Crippen molar-refractivity contribution in [1.29, 1.82) is 0 Å². The van der Waals surface area contributed by atoms with Gasteiger partial charge in [-0.2, -0.15) is 0 Å². The van der Waals surface area contributed by atoms with Crippen LogP contribution in [0.4, 0.5) is 0 Å². The van der Waals surface area contributed by atoms with Gasteiger partial charge in [0.15, 0.2) is 0 Å². The van der Waals surface area contributed by atoms with Gasteiger partial charge in [-0.3, -0.25) is 9.59 Å². The second-order valence-electron chi connectivity index (χ2n) is 3.44. The second-order valence-corrected chi connectivity index (χ2v) is 4.28. The molecule has 0 atom stereocenters. The van der Waals surface area contributed by atoms with Crippen molar-refractivity contribution in [3.8, 4) is 0 Å². The Morgan fingerprint density at radius 1 is 1.33 bits per heavy atom. The molecule has 0 aromatic heterocycles. The number of ether oxygens (including phenoxy) is 1. The quantitative estimate of drug-likeness (QED) is 0.848. The summed E-state index contributed by atoms with van der Waals surface area (Å²) in [6.45, 7) is 2.25. The molecular weight excluding hydrogens is 277 g/mol. The van der Waals surface area contributed by atoms with E-state index >= 15 is 0 Å². The molecule has 0 heterocycles. The van der Waals surface area contributed by atoms with E-state index in [2.05, 4.69) is 5.32 Å². The molecule has 0 bridgehead atoms. The van der Waals surface area contributed by atoms with Gasteiger partial charge in [-0.05, 0) is 25.1 Å². The van der Waals surface area contributed by atoms with Crippen LogP contribution >= 0.6 is 23.2 Å². The third kappa shape index (κ3) is 4.55. The first kappa shape index (κ1) is 14.8. The van der Waals surface area contributed by atoms with Crippen LogP contribution in [0.1, 0.15) is 23.7 Å². The first-order valence-electron chi connectivity index (χ1n) is 5.43. The predicted molar refractivity (Wildman–Crippen MR) is 70.0 cm³/mol. The van der Waals surface area contributed by atoms with Crippen molar-refractivity contribution in [2.24, 2.45) is 0 Å². The Labute approximate surface area is 115 Å². The van der Waals surface area contributed by atoms with Crippen molar-refractivity contribution in [3.05, 3.63) is 33.8 Å². The molecule has 1 rings (SSSR count). The fourth-order valence-corrected chi connectivity index (χ4v) is 1.65. The predicted octanol–water partition coefficient (Wildman–Crippen LogP) is 2.68. The number of carbonyl (C=O) groups excluding carboxylic acids is 2. The minimum Gasteiger partial charge on any atom is -0.466 e. The molecule has 0 aliphatic carbocycles. The number of halogens is 2. The maximum absolute atomic E-state index is 11.8. The Hall–Kier alpha value is -1.26. The fourth-order valence-electron chi connectivity index (χ4n) is 1.28. The molecular formula is C12H13Cl2NO3.